The van der Waals surface area contributed by atoms with Crippen LogP contribution in [0.4, 0.5) is 0 Å². The Labute approximate surface area is 113 Å². The first-order valence-electron chi connectivity index (χ1n) is 5.04. The van der Waals surface area contributed by atoms with Gasteiger partial charge in [-0.3, -0.25) is 14.7 Å². The molecule has 118 valence electrons. The summed E-state index contributed by atoms with van der Waals surface area (Å²) in [4.78, 5) is 40.3. The average Bonchev–Trinajstić information content (AvgIpc) is 2.10. The zero-order valence-electron chi connectivity index (χ0n) is 10.2. The molecular weight excluding hydrogens is 318 g/mol. The fraction of sp³-hybridized carbons (Fsp3) is 0.667. The highest BCUT2D eigenvalue weighted by molar-refractivity contribution is 7.61. The summed E-state index contributed by atoms with van der Waals surface area (Å²) in [5.41, 5.74) is 15.6. The lowest BCUT2D eigenvalue weighted by atomic mass is 10.1. The van der Waals surface area contributed by atoms with Gasteiger partial charge in [-0.2, -0.15) is 4.31 Å². The summed E-state index contributed by atoms with van der Waals surface area (Å²) < 4.78 is 28.7. The second kappa shape index (κ2) is 7.70. The lowest BCUT2D eigenvalue weighted by molar-refractivity contribution is -0.135. The summed E-state index contributed by atoms with van der Waals surface area (Å²) in [6.45, 7) is 0.131. The number of nitrogens with two attached hydrogens (primary N) is 3. The van der Waals surface area contributed by atoms with Crippen molar-refractivity contribution in [2.75, 3.05) is 6.54 Å². The van der Waals surface area contributed by atoms with E-state index in [-0.39, 0.29) is 18.9 Å². The molecule has 0 bridgehead atoms. The molecule has 20 heavy (non-hydrogen) atoms. The fourth-order valence-corrected chi connectivity index (χ4v) is 2.53. The van der Waals surface area contributed by atoms with Crippen molar-refractivity contribution in [3.63, 3.8) is 0 Å². The highest BCUT2D eigenvalue weighted by atomic mass is 31.3. The van der Waals surface area contributed by atoms with Gasteiger partial charge in [-0.05, 0) is 6.42 Å². The number of carbonyl (C=O) groups excluding carboxylic acids is 1. The average molecular weight is 334 g/mol. The number of rotatable bonds is 8. The van der Waals surface area contributed by atoms with Crippen LogP contribution in [0.1, 0.15) is 12.8 Å². The first-order chi connectivity index (χ1) is 8.91. The quantitative estimate of drug-likeness (QED) is 0.164. The van der Waals surface area contributed by atoms with Crippen LogP contribution in [-0.4, -0.2) is 39.2 Å². The molecule has 0 fully saturated rings. The lowest BCUT2D eigenvalue weighted by Crippen LogP contribution is -2.27. The van der Waals surface area contributed by atoms with E-state index >= 15 is 0 Å². The van der Waals surface area contributed by atoms with Gasteiger partial charge in [0, 0.05) is 12.6 Å². The van der Waals surface area contributed by atoms with Crippen LogP contribution in [0.2, 0.25) is 0 Å². The zero-order valence-corrected chi connectivity index (χ0v) is 11.9. The van der Waals surface area contributed by atoms with Gasteiger partial charge in [0.15, 0.2) is 5.96 Å². The number of carbonyl (C=O) groups is 1. The van der Waals surface area contributed by atoms with Gasteiger partial charge in [-0.1, -0.05) is 0 Å². The van der Waals surface area contributed by atoms with Crippen LogP contribution in [0, 0.1) is 0 Å². The number of phosphoric ester groups is 1. The molecule has 14 heteroatoms. The summed E-state index contributed by atoms with van der Waals surface area (Å²) in [5.74, 6) is -1.42. The molecule has 0 saturated heterocycles. The Kier molecular flexibility index (Phi) is 7.31. The van der Waals surface area contributed by atoms with Gasteiger partial charge in [0.25, 0.3) is 0 Å². The van der Waals surface area contributed by atoms with Gasteiger partial charge in [-0.25, -0.2) is 9.13 Å². The van der Waals surface area contributed by atoms with Crippen LogP contribution in [0.5, 0.6) is 0 Å². The maximum atomic E-state index is 11.2. The topological polar surface area (TPSA) is 221 Å². The van der Waals surface area contributed by atoms with E-state index in [9.17, 15) is 13.9 Å². The van der Waals surface area contributed by atoms with Crippen LogP contribution in [0.15, 0.2) is 4.99 Å². The summed E-state index contributed by atoms with van der Waals surface area (Å²) in [6, 6.07) is -0.777. The maximum Gasteiger partial charge on any atom is 0.538 e. The second-order valence-corrected chi connectivity index (χ2v) is 6.32. The number of aliphatic imine (C=N–C) groups is 1. The summed E-state index contributed by atoms with van der Waals surface area (Å²) in [5, 5.41) is 0. The van der Waals surface area contributed by atoms with Crippen molar-refractivity contribution in [2.45, 2.75) is 18.9 Å². The minimum Gasteiger partial charge on any atom is -0.370 e. The molecule has 0 aromatic carbocycles. The molecule has 0 aliphatic heterocycles. The SMILES string of the molecule is NC(N)=NCC[C@H](N)CC(=O)OP(=O)(O)OP(=O)(O)O. The van der Waals surface area contributed by atoms with E-state index in [1.165, 1.54) is 0 Å². The lowest BCUT2D eigenvalue weighted by Gasteiger charge is -2.13. The minimum atomic E-state index is -5.27. The van der Waals surface area contributed by atoms with E-state index in [4.69, 9.17) is 31.9 Å². The van der Waals surface area contributed by atoms with Gasteiger partial charge < -0.3 is 31.5 Å². The molecule has 0 aliphatic rings. The van der Waals surface area contributed by atoms with Crippen LogP contribution in [0.25, 0.3) is 0 Å². The molecule has 0 amide bonds. The molecule has 1 unspecified atom stereocenters. The van der Waals surface area contributed by atoms with Crippen LogP contribution in [-0.2, 0) is 22.8 Å². The molecule has 0 aliphatic carbocycles. The summed E-state index contributed by atoms with van der Waals surface area (Å²) >= 11 is 0. The number of guanidine groups is 1. The number of phosphoric acid groups is 2. The molecule has 2 atom stereocenters. The van der Waals surface area contributed by atoms with Crippen molar-refractivity contribution in [3.8, 4) is 0 Å². The van der Waals surface area contributed by atoms with Crippen molar-refractivity contribution in [1.29, 1.82) is 0 Å². The standard InChI is InChI=1S/C6H16N4O8P2/c7-4(1-2-10-6(8)9)3-5(11)17-20(15,16)18-19(12,13)14/h4H,1-3,7H2,(H,15,16)(H4,8,9,10)(H2,12,13,14)/t4-/m0/s1. The van der Waals surface area contributed by atoms with Crippen molar-refractivity contribution in [3.05, 3.63) is 0 Å². The summed E-state index contributed by atoms with van der Waals surface area (Å²) in [6.07, 6.45) is -0.308. The molecule has 0 saturated carbocycles. The molecule has 0 rings (SSSR count). The van der Waals surface area contributed by atoms with E-state index < -0.39 is 34.1 Å². The Morgan fingerprint density at radius 3 is 2.25 bits per heavy atom. The molecule has 0 heterocycles. The van der Waals surface area contributed by atoms with E-state index in [0.717, 1.165) is 0 Å². The van der Waals surface area contributed by atoms with Crippen molar-refractivity contribution >= 4 is 27.6 Å². The van der Waals surface area contributed by atoms with Gasteiger partial charge in [0.1, 0.15) is 0 Å². The van der Waals surface area contributed by atoms with Gasteiger partial charge >= 0.3 is 21.6 Å². The van der Waals surface area contributed by atoms with E-state index in [1.807, 2.05) is 0 Å². The Balaban J connectivity index is 4.25. The highest BCUT2D eigenvalue weighted by Gasteiger charge is 2.35. The normalized spacial score (nSPS) is 16.0. The third kappa shape index (κ3) is 10.9. The molecule has 0 spiro atoms. The van der Waals surface area contributed by atoms with Gasteiger partial charge in [0.05, 0.1) is 6.42 Å². The maximum absolute atomic E-state index is 11.2. The Morgan fingerprint density at radius 1 is 1.25 bits per heavy atom. The third-order valence-corrected chi connectivity index (χ3v) is 3.76. The molecular formula is C6H16N4O8P2. The first kappa shape index (κ1) is 19.0. The predicted octanol–water partition coefficient (Wildman–Crippen LogP) is -1.88. The van der Waals surface area contributed by atoms with Crippen LogP contribution < -0.4 is 17.2 Å². The van der Waals surface area contributed by atoms with E-state index in [0.29, 0.717) is 0 Å². The van der Waals surface area contributed by atoms with Crippen molar-refractivity contribution in [2.24, 2.45) is 22.2 Å². The van der Waals surface area contributed by atoms with Gasteiger partial charge in [0.2, 0.25) is 0 Å². The number of hydrogen-bond acceptors (Lipinski definition) is 7. The predicted molar refractivity (Wildman–Crippen MR) is 66.9 cm³/mol. The highest BCUT2D eigenvalue weighted by Crippen LogP contribution is 2.57. The molecule has 0 radical (unpaired) electrons. The molecule has 9 N–H and O–H groups in total. The van der Waals surface area contributed by atoms with Crippen LogP contribution in [0.3, 0.4) is 0 Å². The fourth-order valence-electron chi connectivity index (χ4n) is 0.993. The van der Waals surface area contributed by atoms with Crippen LogP contribution >= 0.6 is 15.6 Å². The smallest absolute Gasteiger partial charge is 0.370 e. The summed E-state index contributed by atoms with van der Waals surface area (Å²) in [7, 11) is -10.5. The Bertz CT molecular complexity index is 458. The Morgan fingerprint density at radius 2 is 1.80 bits per heavy atom. The monoisotopic (exact) mass is 334 g/mol. The van der Waals surface area contributed by atoms with E-state index in [1.54, 1.807) is 0 Å². The number of nitrogens with zero attached hydrogens (tertiary/aromatic N) is 1. The van der Waals surface area contributed by atoms with E-state index in [2.05, 4.69) is 13.8 Å². The molecule has 0 aromatic rings. The largest absolute Gasteiger partial charge is 0.538 e. The minimum absolute atomic E-state index is 0.131. The Hall–Kier alpha value is -1.00. The zero-order chi connectivity index (χ0) is 16.0. The van der Waals surface area contributed by atoms with Crippen molar-refractivity contribution < 1.29 is 37.4 Å². The molecule has 12 nitrogen and oxygen atoms in total. The molecule has 0 aromatic heterocycles. The number of hydrogen-bond donors (Lipinski definition) is 6. The first-order valence-corrected chi connectivity index (χ1v) is 8.07. The van der Waals surface area contributed by atoms with Crippen molar-refractivity contribution in [1.82, 2.24) is 0 Å². The second-order valence-electron chi connectivity index (χ2n) is 3.56. The third-order valence-electron chi connectivity index (χ3n) is 1.65. The van der Waals surface area contributed by atoms with Gasteiger partial charge in [-0.15, -0.1) is 0 Å².